The van der Waals surface area contributed by atoms with Crippen LogP contribution in [0.3, 0.4) is 0 Å². The molecule has 1 aliphatic carbocycles. The van der Waals surface area contributed by atoms with Gasteiger partial charge in [0.1, 0.15) is 11.0 Å². The van der Waals surface area contributed by atoms with E-state index < -0.39 is 16.9 Å². The molecule has 1 atom stereocenters. The van der Waals surface area contributed by atoms with Crippen molar-refractivity contribution in [2.45, 2.75) is 59.3 Å². The van der Waals surface area contributed by atoms with Crippen LogP contribution in [-0.2, 0) is 11.0 Å². The molecule has 1 heterocycles. The number of hydrogen-bond donors (Lipinski definition) is 1. The van der Waals surface area contributed by atoms with Crippen LogP contribution in [0.25, 0.3) is 6.08 Å². The second-order valence-corrected chi connectivity index (χ2v) is 6.54. The molecule has 1 aromatic rings. The average Bonchev–Trinajstić information content (AvgIpc) is 2.64. The maximum atomic E-state index is 13.1. The van der Waals surface area contributed by atoms with Gasteiger partial charge in [0.15, 0.2) is 0 Å². The smallest absolute Gasteiger partial charge is 0.248 e. The van der Waals surface area contributed by atoms with Gasteiger partial charge in [-0.25, -0.2) is 18.0 Å². The van der Waals surface area contributed by atoms with Crippen LogP contribution in [-0.4, -0.2) is 28.5 Å². The molecule has 150 valence electrons. The fourth-order valence-corrected chi connectivity index (χ4v) is 2.92. The Balaban J connectivity index is 0.00000146. The molecular weight excluding hydrogens is 358 g/mol. The average molecular weight is 391 g/mol. The zero-order valence-corrected chi connectivity index (χ0v) is 17.5. The molecule has 0 saturated heterocycles. The molecule has 2 rings (SSSR count). The molecule has 0 bridgehead atoms. The highest BCUT2D eigenvalue weighted by molar-refractivity contribution is 7.85. The summed E-state index contributed by atoms with van der Waals surface area (Å²) in [5.41, 5.74) is 1.35. The largest absolute Gasteiger partial charge is 0.481 e. The molecule has 1 unspecified atom stereocenters. The van der Waals surface area contributed by atoms with E-state index in [1.54, 1.807) is 12.3 Å². The second-order valence-electron chi connectivity index (χ2n) is 5.43. The Labute approximate surface area is 159 Å². The monoisotopic (exact) mass is 390 g/mol. The molecule has 7 heteroatoms. The zero-order valence-electron chi connectivity index (χ0n) is 16.6. The van der Waals surface area contributed by atoms with Gasteiger partial charge in [-0.3, -0.25) is 0 Å². The number of methoxy groups -OCH3 is 1. The van der Waals surface area contributed by atoms with E-state index in [-0.39, 0.29) is 18.8 Å². The molecule has 0 radical (unpaired) electrons. The van der Waals surface area contributed by atoms with Crippen molar-refractivity contribution in [1.82, 2.24) is 4.98 Å². The molecule has 0 aliphatic heterocycles. The Bertz CT molecular complexity index is 571. The standard InChI is InChI=1S/C15H20F2N2O2S.2C2H6/c1-21-14-12(9-13(10-18-14)19-22(2)20)4-3-11-5-7-15(16,17)8-6-11;2*1-2/h3-4,9-11,19H,5-8H2,1-2H3;2*1-2H3/b4-3+;;. The minimum Gasteiger partial charge on any atom is -0.481 e. The second kappa shape index (κ2) is 12.8. The molecule has 0 spiro atoms. The van der Waals surface area contributed by atoms with Gasteiger partial charge in [-0.2, -0.15) is 0 Å². The van der Waals surface area contributed by atoms with Crippen LogP contribution in [0.1, 0.15) is 58.9 Å². The summed E-state index contributed by atoms with van der Waals surface area (Å²) in [5, 5.41) is 0. The maximum absolute atomic E-state index is 13.1. The number of nitrogens with one attached hydrogen (secondary N) is 1. The van der Waals surface area contributed by atoms with E-state index in [0.29, 0.717) is 24.4 Å². The van der Waals surface area contributed by atoms with Crippen molar-refractivity contribution < 1.29 is 17.7 Å². The molecule has 1 saturated carbocycles. The summed E-state index contributed by atoms with van der Waals surface area (Å²) in [5.74, 6) is -1.93. The van der Waals surface area contributed by atoms with Crippen molar-refractivity contribution in [3.63, 3.8) is 0 Å². The van der Waals surface area contributed by atoms with Gasteiger partial charge in [0.05, 0.1) is 19.0 Å². The van der Waals surface area contributed by atoms with Crippen molar-refractivity contribution >= 4 is 22.7 Å². The van der Waals surface area contributed by atoms with Gasteiger partial charge in [-0.15, -0.1) is 0 Å². The number of allylic oxidation sites excluding steroid dienone is 1. The molecule has 1 N–H and O–H groups in total. The quantitative estimate of drug-likeness (QED) is 0.703. The third-order valence-electron chi connectivity index (χ3n) is 3.64. The zero-order chi connectivity index (χ0) is 20.2. The summed E-state index contributed by atoms with van der Waals surface area (Å²) >= 11 is 0. The molecule has 0 amide bonds. The van der Waals surface area contributed by atoms with Gasteiger partial charge in [-0.05, 0) is 24.8 Å². The van der Waals surface area contributed by atoms with Crippen LogP contribution in [0.15, 0.2) is 18.3 Å². The molecule has 26 heavy (non-hydrogen) atoms. The number of pyridine rings is 1. The van der Waals surface area contributed by atoms with Crippen molar-refractivity contribution in [2.75, 3.05) is 18.1 Å². The van der Waals surface area contributed by atoms with Crippen LogP contribution in [0.2, 0.25) is 0 Å². The van der Waals surface area contributed by atoms with E-state index in [0.717, 1.165) is 5.56 Å². The third-order valence-corrected chi connectivity index (χ3v) is 4.17. The van der Waals surface area contributed by atoms with E-state index in [1.165, 1.54) is 13.4 Å². The van der Waals surface area contributed by atoms with E-state index in [4.69, 9.17) is 4.74 Å². The Morgan fingerprint density at radius 3 is 2.35 bits per heavy atom. The first-order valence-electron chi connectivity index (χ1n) is 9.10. The number of rotatable bonds is 5. The topological polar surface area (TPSA) is 51.2 Å². The predicted octanol–water partition coefficient (Wildman–Crippen LogP) is 5.69. The Kier molecular flexibility index (Phi) is 12.1. The number of nitrogens with zero attached hydrogens (tertiary/aromatic N) is 1. The van der Waals surface area contributed by atoms with Crippen LogP contribution >= 0.6 is 0 Å². The van der Waals surface area contributed by atoms with Crippen molar-refractivity contribution in [1.29, 1.82) is 0 Å². The summed E-state index contributed by atoms with van der Waals surface area (Å²) in [6, 6.07) is 1.78. The van der Waals surface area contributed by atoms with Crippen LogP contribution < -0.4 is 9.46 Å². The highest BCUT2D eigenvalue weighted by atomic mass is 32.2. The number of hydrogen-bond acceptors (Lipinski definition) is 3. The van der Waals surface area contributed by atoms with Gasteiger partial charge >= 0.3 is 0 Å². The summed E-state index contributed by atoms with van der Waals surface area (Å²) in [6.45, 7) is 8.00. The highest BCUT2D eigenvalue weighted by Crippen LogP contribution is 2.37. The summed E-state index contributed by atoms with van der Waals surface area (Å²) in [6.07, 6.45) is 7.68. The van der Waals surface area contributed by atoms with Crippen LogP contribution in [0.5, 0.6) is 5.88 Å². The minimum absolute atomic E-state index is 0.0617. The fourth-order valence-electron chi connectivity index (χ4n) is 2.48. The normalized spacial score (nSPS) is 17.4. The lowest BCUT2D eigenvalue weighted by Crippen LogP contribution is -2.23. The number of aromatic nitrogens is 1. The molecule has 1 fully saturated rings. The Morgan fingerprint density at radius 2 is 1.85 bits per heavy atom. The first kappa shape index (κ1) is 24.5. The van der Waals surface area contributed by atoms with Crippen LogP contribution in [0.4, 0.5) is 14.5 Å². The molecule has 0 aromatic carbocycles. The third kappa shape index (κ3) is 8.74. The van der Waals surface area contributed by atoms with E-state index >= 15 is 0 Å². The first-order valence-corrected chi connectivity index (χ1v) is 10.7. The number of anilines is 1. The van der Waals surface area contributed by atoms with E-state index in [2.05, 4.69) is 9.71 Å². The maximum Gasteiger partial charge on any atom is 0.248 e. The van der Waals surface area contributed by atoms with E-state index in [1.807, 2.05) is 39.8 Å². The summed E-state index contributed by atoms with van der Waals surface area (Å²) < 4.78 is 45.4. The van der Waals surface area contributed by atoms with Crippen LogP contribution in [0, 0.1) is 5.92 Å². The van der Waals surface area contributed by atoms with Crippen molar-refractivity contribution in [3.8, 4) is 5.88 Å². The van der Waals surface area contributed by atoms with Gasteiger partial charge in [0.25, 0.3) is 0 Å². The van der Waals surface area contributed by atoms with Crippen molar-refractivity contribution in [3.05, 3.63) is 23.9 Å². The lowest BCUT2D eigenvalue weighted by Gasteiger charge is -2.26. The Morgan fingerprint density at radius 1 is 1.27 bits per heavy atom. The lowest BCUT2D eigenvalue weighted by molar-refractivity contribution is -0.0410. The lowest BCUT2D eigenvalue weighted by atomic mass is 9.86. The van der Waals surface area contributed by atoms with Gasteiger partial charge < -0.3 is 9.46 Å². The Hall–Kier alpha value is -1.50. The number of halogens is 2. The summed E-state index contributed by atoms with van der Waals surface area (Å²) in [4.78, 5) is 4.15. The molecule has 1 aromatic heterocycles. The summed E-state index contributed by atoms with van der Waals surface area (Å²) in [7, 11) is 0.331. The van der Waals surface area contributed by atoms with Crippen molar-refractivity contribution in [2.24, 2.45) is 5.92 Å². The SMILES string of the molecule is CC.CC.COc1ncc(NS(C)=O)cc1/C=C/C1CCC(F)(F)CC1. The van der Waals surface area contributed by atoms with E-state index in [9.17, 15) is 13.0 Å². The van der Waals surface area contributed by atoms with Gasteiger partial charge in [0, 0.05) is 24.7 Å². The minimum atomic E-state index is -2.52. The predicted molar refractivity (Wildman–Crippen MR) is 107 cm³/mol. The molecule has 4 nitrogen and oxygen atoms in total. The van der Waals surface area contributed by atoms with Gasteiger partial charge in [0.2, 0.25) is 11.8 Å². The van der Waals surface area contributed by atoms with Gasteiger partial charge in [-0.1, -0.05) is 39.8 Å². The highest BCUT2D eigenvalue weighted by Gasteiger charge is 2.33. The first-order chi connectivity index (χ1) is 12.4. The number of ether oxygens (including phenoxy) is 1. The molecular formula is C19H32F2N2O2S. The number of alkyl halides is 2. The molecule has 1 aliphatic rings. The fraction of sp³-hybridized carbons (Fsp3) is 0.632.